The van der Waals surface area contributed by atoms with E-state index in [0.717, 1.165) is 5.56 Å². The molecule has 1 aliphatic heterocycles. The molecule has 3 atom stereocenters. The van der Waals surface area contributed by atoms with Crippen LogP contribution in [0.2, 0.25) is 0 Å². The zero-order chi connectivity index (χ0) is 23.3. The first-order valence-corrected chi connectivity index (χ1v) is 12.4. The maximum atomic E-state index is 13.6. The van der Waals surface area contributed by atoms with Crippen LogP contribution in [0.4, 0.5) is 0 Å². The Hall–Kier alpha value is -2.87. The second-order valence-corrected chi connectivity index (χ2v) is 10.1. The second-order valence-electron chi connectivity index (χ2n) is 7.92. The lowest BCUT2D eigenvalue weighted by molar-refractivity contribution is -0.0207. The van der Waals surface area contributed by atoms with E-state index in [1.165, 1.54) is 0 Å². The van der Waals surface area contributed by atoms with Crippen molar-refractivity contribution >= 4 is 9.84 Å². The molecule has 6 nitrogen and oxygen atoms in total. The van der Waals surface area contributed by atoms with Crippen molar-refractivity contribution in [1.82, 2.24) is 0 Å². The molecule has 0 aliphatic carbocycles. The van der Waals surface area contributed by atoms with Crippen LogP contribution in [0, 0.1) is 0 Å². The number of ether oxygens (including phenoxy) is 4. The largest absolute Gasteiger partial charge is 0.497 e. The Labute approximate surface area is 195 Å². The van der Waals surface area contributed by atoms with E-state index in [2.05, 4.69) is 0 Å². The Morgan fingerprint density at radius 2 is 1.61 bits per heavy atom. The van der Waals surface area contributed by atoms with Gasteiger partial charge in [-0.1, -0.05) is 48.5 Å². The Balaban J connectivity index is 1.60. The topological polar surface area (TPSA) is 71.1 Å². The van der Waals surface area contributed by atoms with Crippen LogP contribution in [0.15, 0.2) is 83.8 Å². The van der Waals surface area contributed by atoms with E-state index in [4.69, 9.17) is 18.9 Å². The van der Waals surface area contributed by atoms with Gasteiger partial charge in [0.15, 0.2) is 9.84 Å². The number of sulfone groups is 1. The maximum absolute atomic E-state index is 13.6. The molecule has 0 saturated carbocycles. The predicted octanol–water partition coefficient (Wildman–Crippen LogP) is 4.59. The average Bonchev–Trinajstić information content (AvgIpc) is 3.29. The van der Waals surface area contributed by atoms with Crippen LogP contribution in [0.25, 0.3) is 0 Å². The summed E-state index contributed by atoms with van der Waals surface area (Å²) in [6, 6.07) is 23.7. The highest BCUT2D eigenvalue weighted by Crippen LogP contribution is 2.44. The molecule has 3 aromatic rings. The van der Waals surface area contributed by atoms with E-state index in [-0.39, 0.29) is 11.0 Å². The zero-order valence-electron chi connectivity index (χ0n) is 18.7. The van der Waals surface area contributed by atoms with Gasteiger partial charge in [-0.2, -0.15) is 0 Å². The Kier molecular flexibility index (Phi) is 7.33. The van der Waals surface area contributed by atoms with Gasteiger partial charge >= 0.3 is 0 Å². The van der Waals surface area contributed by atoms with E-state index in [0.29, 0.717) is 36.7 Å². The number of rotatable bonds is 9. The van der Waals surface area contributed by atoms with Crippen molar-refractivity contribution in [3.63, 3.8) is 0 Å². The normalized spacial score (nSPS) is 20.5. The summed E-state index contributed by atoms with van der Waals surface area (Å²) in [7, 11) is -0.531. The number of methoxy groups -OCH3 is 2. The molecule has 0 aromatic heterocycles. The third-order valence-electron chi connectivity index (χ3n) is 5.80. The lowest BCUT2D eigenvalue weighted by atomic mass is 10.0. The Morgan fingerprint density at radius 1 is 0.909 bits per heavy atom. The molecule has 4 rings (SSSR count). The summed E-state index contributed by atoms with van der Waals surface area (Å²) in [6.45, 7) is 0.734. The molecule has 0 amide bonds. The van der Waals surface area contributed by atoms with Crippen LogP contribution in [-0.2, 0) is 25.9 Å². The molecule has 0 unspecified atom stereocenters. The minimum atomic E-state index is -3.65. The van der Waals surface area contributed by atoms with Crippen LogP contribution in [0.3, 0.4) is 0 Å². The highest BCUT2D eigenvalue weighted by atomic mass is 32.2. The molecule has 1 aliphatic rings. The smallest absolute Gasteiger partial charge is 0.184 e. The minimum Gasteiger partial charge on any atom is -0.497 e. The molecule has 174 valence electrons. The molecule has 1 saturated heterocycles. The fourth-order valence-corrected chi connectivity index (χ4v) is 6.01. The Bertz CT molecular complexity index is 1150. The van der Waals surface area contributed by atoms with Gasteiger partial charge in [0.25, 0.3) is 0 Å². The number of benzene rings is 3. The first kappa shape index (κ1) is 23.3. The SMILES string of the molecule is COc1ccc([C@H]2O[C@@H](COCc3ccccc3)C[C@@H]2S(=O)(=O)c2ccccc2)c(OC)c1. The van der Waals surface area contributed by atoms with Crippen molar-refractivity contribution in [2.45, 2.75) is 35.4 Å². The lowest BCUT2D eigenvalue weighted by Crippen LogP contribution is -2.25. The molecule has 1 heterocycles. The van der Waals surface area contributed by atoms with Crippen LogP contribution in [-0.4, -0.2) is 40.6 Å². The van der Waals surface area contributed by atoms with E-state index < -0.39 is 21.2 Å². The molecule has 0 spiro atoms. The lowest BCUT2D eigenvalue weighted by Gasteiger charge is -2.22. The third-order valence-corrected chi connectivity index (χ3v) is 7.97. The van der Waals surface area contributed by atoms with Gasteiger partial charge in [-0.3, -0.25) is 0 Å². The summed E-state index contributed by atoms with van der Waals surface area (Å²) in [5.74, 6) is 1.15. The monoisotopic (exact) mass is 468 g/mol. The summed E-state index contributed by atoms with van der Waals surface area (Å²) < 4.78 is 50.2. The fraction of sp³-hybridized carbons (Fsp3) is 0.308. The van der Waals surface area contributed by atoms with Gasteiger partial charge in [-0.25, -0.2) is 8.42 Å². The first-order chi connectivity index (χ1) is 16.0. The van der Waals surface area contributed by atoms with Crippen molar-refractivity contribution in [1.29, 1.82) is 0 Å². The summed E-state index contributed by atoms with van der Waals surface area (Å²) in [6.07, 6.45) is -0.735. The summed E-state index contributed by atoms with van der Waals surface area (Å²) >= 11 is 0. The number of hydrogen-bond acceptors (Lipinski definition) is 6. The minimum absolute atomic E-state index is 0.280. The van der Waals surface area contributed by atoms with Crippen molar-refractivity contribution in [3.05, 3.63) is 90.0 Å². The summed E-state index contributed by atoms with van der Waals surface area (Å²) in [5.41, 5.74) is 1.73. The molecule has 0 N–H and O–H groups in total. The first-order valence-electron chi connectivity index (χ1n) is 10.8. The molecule has 1 fully saturated rings. The van der Waals surface area contributed by atoms with Crippen LogP contribution in [0.5, 0.6) is 11.5 Å². The van der Waals surface area contributed by atoms with Crippen LogP contribution < -0.4 is 9.47 Å². The van der Waals surface area contributed by atoms with Crippen molar-refractivity contribution in [3.8, 4) is 11.5 Å². The van der Waals surface area contributed by atoms with Gasteiger partial charge < -0.3 is 18.9 Å². The Morgan fingerprint density at radius 3 is 2.27 bits per heavy atom. The summed E-state index contributed by atoms with van der Waals surface area (Å²) in [4.78, 5) is 0.280. The third kappa shape index (κ3) is 5.21. The molecular weight excluding hydrogens is 440 g/mol. The van der Waals surface area contributed by atoms with Crippen molar-refractivity contribution < 1.29 is 27.4 Å². The van der Waals surface area contributed by atoms with E-state index in [1.54, 1.807) is 56.7 Å². The zero-order valence-corrected chi connectivity index (χ0v) is 19.5. The fourth-order valence-electron chi connectivity index (χ4n) is 4.12. The van der Waals surface area contributed by atoms with Gasteiger partial charge in [0.05, 0.1) is 43.7 Å². The maximum Gasteiger partial charge on any atom is 0.184 e. The summed E-state index contributed by atoms with van der Waals surface area (Å²) in [5, 5.41) is -0.771. The van der Waals surface area contributed by atoms with Crippen LogP contribution in [0.1, 0.15) is 23.7 Å². The molecular formula is C26H28O6S. The highest BCUT2D eigenvalue weighted by Gasteiger charge is 2.45. The van der Waals surface area contributed by atoms with Crippen molar-refractivity contribution in [2.24, 2.45) is 0 Å². The predicted molar refractivity (Wildman–Crippen MR) is 125 cm³/mol. The second kappa shape index (κ2) is 10.4. The van der Waals surface area contributed by atoms with E-state index in [9.17, 15) is 8.42 Å². The average molecular weight is 469 g/mol. The van der Waals surface area contributed by atoms with Gasteiger partial charge in [-0.15, -0.1) is 0 Å². The van der Waals surface area contributed by atoms with Crippen LogP contribution >= 0.6 is 0 Å². The van der Waals surface area contributed by atoms with Crippen molar-refractivity contribution in [2.75, 3.05) is 20.8 Å². The molecule has 0 radical (unpaired) electrons. The molecule has 7 heteroatoms. The number of hydrogen-bond donors (Lipinski definition) is 0. The molecule has 0 bridgehead atoms. The van der Waals surface area contributed by atoms with Gasteiger partial charge in [0, 0.05) is 11.6 Å². The highest BCUT2D eigenvalue weighted by molar-refractivity contribution is 7.92. The molecule has 3 aromatic carbocycles. The van der Waals surface area contributed by atoms with Gasteiger partial charge in [0.2, 0.25) is 0 Å². The van der Waals surface area contributed by atoms with Gasteiger partial charge in [-0.05, 0) is 36.2 Å². The quantitative estimate of drug-likeness (QED) is 0.457. The molecule has 33 heavy (non-hydrogen) atoms. The van der Waals surface area contributed by atoms with E-state index >= 15 is 0 Å². The standard InChI is InChI=1S/C26H28O6S/c1-29-20-13-14-23(24(15-20)30-2)26-25(33(27,28)22-11-7-4-8-12-22)16-21(32-26)18-31-17-19-9-5-3-6-10-19/h3-15,21,25-26H,16-18H2,1-2H3/t21-,25+,26-/m1/s1. The van der Waals surface area contributed by atoms with E-state index in [1.807, 2.05) is 36.4 Å². The van der Waals surface area contributed by atoms with Gasteiger partial charge in [0.1, 0.15) is 17.6 Å².